The van der Waals surface area contributed by atoms with Crippen molar-refractivity contribution in [3.63, 3.8) is 0 Å². The number of rotatable bonds is 7. The summed E-state index contributed by atoms with van der Waals surface area (Å²) in [7, 11) is 1.84. The Hall–Kier alpha value is -2.18. The lowest BCUT2D eigenvalue weighted by Gasteiger charge is -2.35. The van der Waals surface area contributed by atoms with E-state index in [2.05, 4.69) is 35.3 Å². The van der Waals surface area contributed by atoms with E-state index in [4.69, 9.17) is 0 Å². The molecule has 0 spiro atoms. The minimum Gasteiger partial charge on any atom is -0.435 e. The Labute approximate surface area is 192 Å². The minimum atomic E-state index is -2.81. The number of hydrogen-bond acceptors (Lipinski definition) is 5. The number of halogens is 3. The van der Waals surface area contributed by atoms with Crippen molar-refractivity contribution < 1.29 is 13.5 Å². The Balaban J connectivity index is 0.00000320. The molecular weight excluding hydrogens is 507 g/mol. The third-order valence-corrected chi connectivity index (χ3v) is 4.72. The van der Waals surface area contributed by atoms with Gasteiger partial charge in [-0.25, -0.2) is 9.98 Å². The fraction of sp³-hybridized carbons (Fsp3) is 0.526. The highest BCUT2D eigenvalue weighted by Gasteiger charge is 2.21. The van der Waals surface area contributed by atoms with Crippen LogP contribution in [0.2, 0.25) is 0 Å². The molecule has 1 aromatic carbocycles. The van der Waals surface area contributed by atoms with E-state index in [1.807, 2.05) is 26.1 Å². The first-order chi connectivity index (χ1) is 14.0. The van der Waals surface area contributed by atoms with Crippen LogP contribution in [-0.4, -0.2) is 53.0 Å². The van der Waals surface area contributed by atoms with Crippen molar-refractivity contribution in [3.05, 3.63) is 36.4 Å². The lowest BCUT2D eigenvalue weighted by molar-refractivity contribution is -0.0498. The number of guanidine groups is 1. The maximum Gasteiger partial charge on any atom is 0.387 e. The van der Waals surface area contributed by atoms with Gasteiger partial charge in [-0.15, -0.1) is 24.0 Å². The Morgan fingerprint density at radius 1 is 1.33 bits per heavy atom. The Morgan fingerprint density at radius 2 is 2.10 bits per heavy atom. The number of nitrogens with one attached hydrogen (secondary N) is 2. The van der Waals surface area contributed by atoms with Crippen molar-refractivity contribution in [3.8, 4) is 5.75 Å². The number of aliphatic imine (C=N–C) groups is 1. The van der Waals surface area contributed by atoms with Crippen LogP contribution >= 0.6 is 24.0 Å². The van der Waals surface area contributed by atoms with Crippen molar-refractivity contribution in [2.24, 2.45) is 12.0 Å². The molecule has 30 heavy (non-hydrogen) atoms. The summed E-state index contributed by atoms with van der Waals surface area (Å²) in [5, 5.41) is 10.8. The molecule has 2 N–H and O–H groups in total. The molecule has 3 rings (SSSR count). The van der Waals surface area contributed by atoms with Gasteiger partial charge in [-0.05, 0) is 44.0 Å². The number of benzene rings is 1. The van der Waals surface area contributed by atoms with Crippen LogP contribution in [0.1, 0.15) is 25.6 Å². The van der Waals surface area contributed by atoms with Gasteiger partial charge in [0.25, 0.3) is 0 Å². The maximum absolute atomic E-state index is 12.3. The number of aromatic nitrogens is 3. The van der Waals surface area contributed by atoms with Crippen LogP contribution < -0.4 is 20.3 Å². The first-order valence-corrected chi connectivity index (χ1v) is 9.72. The number of piperidine rings is 1. The highest BCUT2D eigenvalue weighted by molar-refractivity contribution is 14.0. The molecule has 0 aliphatic carbocycles. The zero-order chi connectivity index (χ0) is 20.6. The number of hydrogen-bond donors (Lipinski definition) is 2. The van der Waals surface area contributed by atoms with Crippen molar-refractivity contribution in [1.82, 2.24) is 25.4 Å². The van der Waals surface area contributed by atoms with E-state index in [1.54, 1.807) is 16.8 Å². The molecule has 1 aliphatic rings. The number of aryl methyl sites for hydroxylation is 1. The summed E-state index contributed by atoms with van der Waals surface area (Å²) in [6.07, 6.45) is 3.56. The monoisotopic (exact) mass is 535 g/mol. The molecule has 11 heteroatoms. The van der Waals surface area contributed by atoms with E-state index >= 15 is 0 Å². The summed E-state index contributed by atoms with van der Waals surface area (Å²) in [6.45, 7) is 2.12. The van der Waals surface area contributed by atoms with E-state index in [-0.39, 0.29) is 35.8 Å². The van der Waals surface area contributed by atoms with Gasteiger partial charge in [-0.3, -0.25) is 4.68 Å². The average Bonchev–Trinajstić information content (AvgIpc) is 3.11. The fourth-order valence-corrected chi connectivity index (χ4v) is 3.29. The fourth-order valence-electron chi connectivity index (χ4n) is 3.29. The standard InChI is InChI=1S/C19H27F2N7O.HI/c1-3-22-19(23-11-17-24-13-25-27(17)2)26-14-5-4-10-28(12-14)15-6-8-16(9-7-15)29-18(20)21;/h6-9,13-14,18H,3-5,10-12H2,1-2H3,(H2,22,23,26);1H. The number of alkyl halides is 2. The molecule has 8 nitrogen and oxygen atoms in total. The van der Waals surface area contributed by atoms with Crippen molar-refractivity contribution >= 4 is 35.6 Å². The zero-order valence-corrected chi connectivity index (χ0v) is 19.4. The summed E-state index contributed by atoms with van der Waals surface area (Å²) in [4.78, 5) is 11.0. The molecule has 1 fully saturated rings. The second-order valence-electron chi connectivity index (χ2n) is 6.80. The van der Waals surface area contributed by atoms with E-state index in [0.29, 0.717) is 6.54 Å². The average molecular weight is 535 g/mol. The molecule has 2 aromatic rings. The van der Waals surface area contributed by atoms with Gasteiger partial charge in [0.1, 0.15) is 24.4 Å². The molecule has 0 bridgehead atoms. The molecular formula is C19H28F2IN7O. The number of nitrogens with zero attached hydrogens (tertiary/aromatic N) is 5. The van der Waals surface area contributed by atoms with Gasteiger partial charge in [-0.2, -0.15) is 13.9 Å². The van der Waals surface area contributed by atoms with Gasteiger partial charge >= 0.3 is 6.61 Å². The van der Waals surface area contributed by atoms with Crippen molar-refractivity contribution in [1.29, 1.82) is 0 Å². The van der Waals surface area contributed by atoms with Crippen molar-refractivity contribution in [2.75, 3.05) is 24.5 Å². The number of ether oxygens (including phenoxy) is 1. The van der Waals surface area contributed by atoms with Gasteiger partial charge < -0.3 is 20.3 Å². The van der Waals surface area contributed by atoms with Gasteiger partial charge in [-0.1, -0.05) is 0 Å². The SMILES string of the molecule is CCNC(=NCc1ncnn1C)NC1CCCN(c2ccc(OC(F)F)cc2)C1.I. The quantitative estimate of drug-likeness (QED) is 0.323. The van der Waals surface area contributed by atoms with E-state index in [1.165, 1.54) is 6.33 Å². The lowest BCUT2D eigenvalue weighted by Crippen LogP contribution is -2.51. The largest absolute Gasteiger partial charge is 0.435 e. The molecule has 1 aromatic heterocycles. The maximum atomic E-state index is 12.3. The third-order valence-electron chi connectivity index (χ3n) is 4.72. The Kier molecular flexibility index (Phi) is 9.53. The third kappa shape index (κ3) is 6.96. The Bertz CT molecular complexity index is 800. The second-order valence-corrected chi connectivity index (χ2v) is 6.80. The minimum absolute atomic E-state index is 0. The summed E-state index contributed by atoms with van der Waals surface area (Å²) in [5.74, 6) is 1.70. The van der Waals surface area contributed by atoms with Crippen LogP contribution in [0.25, 0.3) is 0 Å². The van der Waals surface area contributed by atoms with E-state index < -0.39 is 6.61 Å². The molecule has 1 aliphatic heterocycles. The number of anilines is 1. The van der Waals surface area contributed by atoms with Gasteiger partial charge in [0.2, 0.25) is 0 Å². The first kappa shape index (κ1) is 24.1. The molecule has 0 amide bonds. The predicted molar refractivity (Wildman–Crippen MR) is 123 cm³/mol. The van der Waals surface area contributed by atoms with Crippen LogP contribution in [0, 0.1) is 0 Å². The molecule has 2 heterocycles. The highest BCUT2D eigenvalue weighted by atomic mass is 127. The van der Waals surface area contributed by atoms with Crippen LogP contribution in [-0.2, 0) is 13.6 Å². The lowest BCUT2D eigenvalue weighted by atomic mass is 10.0. The first-order valence-electron chi connectivity index (χ1n) is 9.72. The molecule has 166 valence electrons. The van der Waals surface area contributed by atoms with Gasteiger partial charge in [0.05, 0.1) is 0 Å². The summed E-state index contributed by atoms with van der Waals surface area (Å²) in [6, 6.07) is 7.00. The smallest absolute Gasteiger partial charge is 0.387 e. The molecule has 1 atom stereocenters. The highest BCUT2D eigenvalue weighted by Crippen LogP contribution is 2.23. The molecule has 0 saturated carbocycles. The summed E-state index contributed by atoms with van der Waals surface area (Å²) < 4.78 is 30.8. The van der Waals surface area contributed by atoms with Crippen molar-refractivity contribution in [2.45, 2.75) is 39.0 Å². The summed E-state index contributed by atoms with van der Waals surface area (Å²) in [5.41, 5.74) is 0.985. The van der Waals surface area contributed by atoms with Crippen LogP contribution in [0.3, 0.4) is 0 Å². The van der Waals surface area contributed by atoms with Crippen LogP contribution in [0.15, 0.2) is 35.6 Å². The summed E-state index contributed by atoms with van der Waals surface area (Å²) >= 11 is 0. The second kappa shape index (κ2) is 11.9. The molecule has 1 saturated heterocycles. The topological polar surface area (TPSA) is 79.6 Å². The Morgan fingerprint density at radius 3 is 2.73 bits per heavy atom. The van der Waals surface area contributed by atoms with E-state index in [9.17, 15) is 8.78 Å². The molecule has 1 unspecified atom stereocenters. The van der Waals surface area contributed by atoms with Crippen LogP contribution in [0.4, 0.5) is 14.5 Å². The normalized spacial score (nSPS) is 16.9. The van der Waals surface area contributed by atoms with Gasteiger partial charge in [0.15, 0.2) is 5.96 Å². The predicted octanol–water partition coefficient (Wildman–Crippen LogP) is 2.76. The van der Waals surface area contributed by atoms with Crippen LogP contribution in [0.5, 0.6) is 5.75 Å². The van der Waals surface area contributed by atoms with Gasteiger partial charge in [0, 0.05) is 38.4 Å². The molecule has 0 radical (unpaired) electrons. The van der Waals surface area contributed by atoms with E-state index in [0.717, 1.165) is 49.9 Å². The zero-order valence-electron chi connectivity index (χ0n) is 17.1.